The minimum Gasteiger partial charge on any atom is -0.507 e. The van der Waals surface area contributed by atoms with Gasteiger partial charge in [-0.15, -0.1) is 0 Å². The summed E-state index contributed by atoms with van der Waals surface area (Å²) in [5.41, 5.74) is -0.00895. The number of carbonyl (C=O) groups is 3. The summed E-state index contributed by atoms with van der Waals surface area (Å²) < 4.78 is 5.31. The van der Waals surface area contributed by atoms with Crippen molar-refractivity contribution in [3.8, 4) is 5.75 Å². The topological polar surface area (TPSA) is 95.9 Å². The predicted molar refractivity (Wildman–Crippen MR) is 88.2 cm³/mol. The Labute approximate surface area is 142 Å². The largest absolute Gasteiger partial charge is 0.507 e. The Morgan fingerprint density at radius 3 is 2.78 bits per heavy atom. The first-order valence-electron chi connectivity index (χ1n) is 6.68. The molecule has 0 unspecified atom stereocenters. The monoisotopic (exact) mass is 354 g/mol. The molecular weight excluding hydrogens is 340 g/mol. The van der Waals surface area contributed by atoms with Gasteiger partial charge in [-0.1, -0.05) is 36.1 Å². The number of amides is 2. The number of nitrogens with one attached hydrogen (secondary N) is 1. The maximum atomic E-state index is 11.7. The SMILES string of the molecule is O=C(COC(=O)c1ccccc1O)NCCN1C(=O)CSC1=S. The third-order valence-corrected chi connectivity index (χ3v) is 4.39. The number of rotatable bonds is 6. The normalized spacial score (nSPS) is 14.0. The average Bonchev–Trinajstić information content (AvgIpc) is 2.85. The van der Waals surface area contributed by atoms with Crippen LogP contribution in [0.3, 0.4) is 0 Å². The molecule has 0 aliphatic carbocycles. The number of phenols is 1. The quantitative estimate of drug-likeness (QED) is 0.568. The van der Waals surface area contributed by atoms with E-state index in [1.165, 1.54) is 28.8 Å². The van der Waals surface area contributed by atoms with Crippen LogP contribution >= 0.6 is 24.0 Å². The second-order valence-electron chi connectivity index (χ2n) is 4.54. The molecule has 0 bridgehead atoms. The summed E-state index contributed by atoms with van der Waals surface area (Å²) in [6.07, 6.45) is 0. The highest BCUT2D eigenvalue weighted by molar-refractivity contribution is 8.23. The van der Waals surface area contributed by atoms with E-state index in [1.807, 2.05) is 0 Å². The molecular formula is C14H14N2O5S2. The van der Waals surface area contributed by atoms with Gasteiger partial charge in [-0.05, 0) is 12.1 Å². The van der Waals surface area contributed by atoms with Crippen molar-refractivity contribution in [3.63, 3.8) is 0 Å². The molecule has 7 nitrogen and oxygen atoms in total. The van der Waals surface area contributed by atoms with Crippen LogP contribution in [0.2, 0.25) is 0 Å². The van der Waals surface area contributed by atoms with Gasteiger partial charge in [0.2, 0.25) is 5.91 Å². The first-order valence-corrected chi connectivity index (χ1v) is 8.07. The Balaban J connectivity index is 1.71. The maximum Gasteiger partial charge on any atom is 0.342 e. The lowest BCUT2D eigenvalue weighted by molar-refractivity contribution is -0.126. The van der Waals surface area contributed by atoms with Crippen molar-refractivity contribution in [2.75, 3.05) is 25.4 Å². The average molecular weight is 354 g/mol. The van der Waals surface area contributed by atoms with Crippen molar-refractivity contribution < 1.29 is 24.2 Å². The van der Waals surface area contributed by atoms with E-state index >= 15 is 0 Å². The molecule has 122 valence electrons. The van der Waals surface area contributed by atoms with Gasteiger partial charge in [0, 0.05) is 13.1 Å². The Morgan fingerprint density at radius 2 is 2.13 bits per heavy atom. The molecule has 0 spiro atoms. The molecule has 1 heterocycles. The highest BCUT2D eigenvalue weighted by atomic mass is 32.2. The Kier molecular flexibility index (Phi) is 5.94. The molecule has 1 aliphatic heterocycles. The molecule has 9 heteroatoms. The van der Waals surface area contributed by atoms with E-state index in [4.69, 9.17) is 17.0 Å². The van der Waals surface area contributed by atoms with Crippen molar-refractivity contribution in [2.45, 2.75) is 0 Å². The number of nitrogens with zero attached hydrogens (tertiary/aromatic N) is 1. The van der Waals surface area contributed by atoms with Gasteiger partial charge in [0.25, 0.3) is 5.91 Å². The summed E-state index contributed by atoms with van der Waals surface area (Å²) in [7, 11) is 0. The molecule has 2 N–H and O–H groups in total. The fourth-order valence-electron chi connectivity index (χ4n) is 1.81. The van der Waals surface area contributed by atoms with E-state index in [9.17, 15) is 19.5 Å². The molecule has 23 heavy (non-hydrogen) atoms. The van der Waals surface area contributed by atoms with Crippen LogP contribution in [-0.4, -0.2) is 57.6 Å². The molecule has 0 radical (unpaired) electrons. The summed E-state index contributed by atoms with van der Waals surface area (Å²) in [4.78, 5) is 36.2. The second kappa shape index (κ2) is 7.93. The van der Waals surface area contributed by atoms with Crippen LogP contribution in [0.4, 0.5) is 0 Å². The fourth-order valence-corrected chi connectivity index (χ4v) is 2.93. The highest BCUT2D eigenvalue weighted by Crippen LogP contribution is 2.18. The minimum atomic E-state index is -0.787. The standard InChI is InChI=1S/C14H14N2O5S2/c17-10-4-2-1-3-9(10)13(20)21-7-11(18)15-5-6-16-12(19)8-23-14(16)22/h1-4,17H,5-8H2,(H,15,18). The van der Waals surface area contributed by atoms with E-state index in [2.05, 4.69) is 5.32 Å². The molecule has 1 aliphatic rings. The maximum absolute atomic E-state index is 11.7. The van der Waals surface area contributed by atoms with Crippen LogP contribution in [-0.2, 0) is 14.3 Å². The number of benzene rings is 1. The molecule has 2 amide bonds. The van der Waals surface area contributed by atoms with Crippen molar-refractivity contribution >= 4 is 46.1 Å². The number of thioether (sulfide) groups is 1. The lowest BCUT2D eigenvalue weighted by Gasteiger charge is -2.15. The Morgan fingerprint density at radius 1 is 1.39 bits per heavy atom. The summed E-state index contributed by atoms with van der Waals surface area (Å²) in [5, 5.41) is 12.0. The van der Waals surface area contributed by atoms with Crippen molar-refractivity contribution in [3.05, 3.63) is 29.8 Å². The first-order chi connectivity index (χ1) is 11.0. The van der Waals surface area contributed by atoms with Crippen LogP contribution in [0, 0.1) is 0 Å². The molecule has 1 saturated heterocycles. The minimum absolute atomic E-state index is 0.00895. The van der Waals surface area contributed by atoms with Crippen LogP contribution in [0.1, 0.15) is 10.4 Å². The third kappa shape index (κ3) is 4.67. The number of hydrogen-bond donors (Lipinski definition) is 2. The zero-order chi connectivity index (χ0) is 16.8. The third-order valence-electron chi connectivity index (χ3n) is 2.96. The number of aromatic hydroxyl groups is 1. The number of ether oxygens (including phenoxy) is 1. The van der Waals surface area contributed by atoms with Crippen LogP contribution in [0.25, 0.3) is 0 Å². The first kappa shape index (κ1) is 17.2. The molecule has 0 saturated carbocycles. The Bertz CT molecular complexity index is 634. The van der Waals surface area contributed by atoms with E-state index < -0.39 is 18.5 Å². The zero-order valence-corrected chi connectivity index (χ0v) is 13.6. The number of phenolic OH excluding ortho intramolecular Hbond substituents is 1. The number of carbonyl (C=O) groups excluding carboxylic acids is 3. The zero-order valence-electron chi connectivity index (χ0n) is 12.0. The van der Waals surface area contributed by atoms with Gasteiger partial charge in [0.05, 0.1) is 5.75 Å². The highest BCUT2D eigenvalue weighted by Gasteiger charge is 2.26. The van der Waals surface area contributed by atoms with Crippen molar-refractivity contribution in [2.24, 2.45) is 0 Å². The van der Waals surface area contributed by atoms with Gasteiger partial charge in [0.1, 0.15) is 15.6 Å². The van der Waals surface area contributed by atoms with E-state index in [1.54, 1.807) is 12.1 Å². The Hall–Kier alpha value is -2.13. The van der Waals surface area contributed by atoms with E-state index in [0.717, 1.165) is 0 Å². The summed E-state index contributed by atoms with van der Waals surface area (Å²) in [5.74, 6) is -1.26. The summed E-state index contributed by atoms with van der Waals surface area (Å²) in [6, 6.07) is 5.89. The van der Waals surface area contributed by atoms with E-state index in [-0.39, 0.29) is 30.3 Å². The van der Waals surface area contributed by atoms with Crippen molar-refractivity contribution in [1.82, 2.24) is 10.2 Å². The number of esters is 1. The molecule has 0 aromatic heterocycles. The van der Waals surface area contributed by atoms with Crippen molar-refractivity contribution in [1.29, 1.82) is 0 Å². The molecule has 2 rings (SSSR count). The van der Waals surface area contributed by atoms with E-state index in [0.29, 0.717) is 10.1 Å². The number of thiocarbonyl (C=S) groups is 1. The molecule has 1 aromatic rings. The lowest BCUT2D eigenvalue weighted by Crippen LogP contribution is -2.38. The molecule has 0 atom stereocenters. The van der Waals surface area contributed by atoms with Gasteiger partial charge >= 0.3 is 5.97 Å². The van der Waals surface area contributed by atoms with Crippen LogP contribution in [0.15, 0.2) is 24.3 Å². The fraction of sp³-hybridized carbons (Fsp3) is 0.286. The second-order valence-corrected chi connectivity index (χ2v) is 6.15. The number of hydrogen-bond acceptors (Lipinski definition) is 7. The molecule has 1 fully saturated rings. The van der Waals surface area contributed by atoms with Gasteiger partial charge in [0.15, 0.2) is 6.61 Å². The van der Waals surface area contributed by atoms with Crippen LogP contribution in [0.5, 0.6) is 5.75 Å². The summed E-state index contributed by atoms with van der Waals surface area (Å²) in [6.45, 7) is 0.0174. The van der Waals surface area contributed by atoms with Gasteiger partial charge in [-0.2, -0.15) is 0 Å². The lowest BCUT2D eigenvalue weighted by atomic mass is 10.2. The number of para-hydroxylation sites is 1. The van der Waals surface area contributed by atoms with Gasteiger partial charge < -0.3 is 15.2 Å². The van der Waals surface area contributed by atoms with Crippen LogP contribution < -0.4 is 5.32 Å². The molecule has 1 aromatic carbocycles. The smallest absolute Gasteiger partial charge is 0.342 e. The summed E-state index contributed by atoms with van der Waals surface area (Å²) >= 11 is 6.30. The van der Waals surface area contributed by atoms with Gasteiger partial charge in [-0.3, -0.25) is 14.5 Å². The predicted octanol–water partition coefficient (Wildman–Crippen LogP) is 0.525. The van der Waals surface area contributed by atoms with Gasteiger partial charge in [-0.25, -0.2) is 4.79 Å².